The fourth-order valence-electron chi connectivity index (χ4n) is 1.56. The first kappa shape index (κ1) is 14.0. The number of nitrogens with two attached hydrogens (primary N) is 1. The van der Waals surface area contributed by atoms with E-state index in [4.69, 9.17) is 10.5 Å². The fraction of sp³-hybridized carbons (Fsp3) is 0.333. The molecule has 1 atom stereocenters. The summed E-state index contributed by atoms with van der Waals surface area (Å²) in [6.45, 7) is 1.90. The van der Waals surface area contributed by atoms with E-state index in [0.29, 0.717) is 0 Å². The van der Waals surface area contributed by atoms with Crippen LogP contribution in [0.15, 0.2) is 24.3 Å². The summed E-state index contributed by atoms with van der Waals surface area (Å²) < 4.78 is 5.22. The van der Waals surface area contributed by atoms with Crippen molar-refractivity contribution in [2.75, 3.05) is 13.7 Å². The molecule has 1 aromatic rings. The predicted octanol–water partition coefficient (Wildman–Crippen LogP) is 0.541. The second kappa shape index (κ2) is 6.61. The van der Waals surface area contributed by atoms with E-state index in [1.807, 2.05) is 36.5 Å². The fourth-order valence-corrected chi connectivity index (χ4v) is 1.56. The number of rotatable bonds is 5. The average molecular weight is 251 g/mol. The van der Waals surface area contributed by atoms with Gasteiger partial charge in [0.15, 0.2) is 0 Å². The van der Waals surface area contributed by atoms with E-state index >= 15 is 0 Å². The smallest absolute Gasteiger partial charge is 0.318 e. The highest BCUT2D eigenvalue weighted by Crippen LogP contribution is 2.23. The van der Waals surface area contributed by atoms with Gasteiger partial charge in [-0.15, -0.1) is 0 Å². The molecule has 0 aliphatic carbocycles. The molecule has 0 aromatic heterocycles. The average Bonchev–Trinajstić information content (AvgIpc) is 2.35. The molecule has 0 fully saturated rings. The Labute approximate surface area is 105 Å². The molecule has 0 aliphatic heterocycles. The van der Waals surface area contributed by atoms with Crippen molar-refractivity contribution >= 4 is 11.9 Å². The van der Waals surface area contributed by atoms with E-state index in [1.54, 1.807) is 7.11 Å². The normalized spacial score (nSPS) is 11.7. The van der Waals surface area contributed by atoms with Gasteiger partial charge in [0, 0.05) is 11.6 Å². The van der Waals surface area contributed by atoms with Crippen LogP contribution < -0.4 is 21.1 Å². The zero-order valence-corrected chi connectivity index (χ0v) is 10.4. The number of imide groups is 1. The quantitative estimate of drug-likeness (QED) is 0.712. The predicted molar refractivity (Wildman–Crippen MR) is 67.1 cm³/mol. The first-order valence-electron chi connectivity index (χ1n) is 5.50. The summed E-state index contributed by atoms with van der Waals surface area (Å²) in [6, 6.07) is 6.57. The molecule has 0 aliphatic rings. The maximum absolute atomic E-state index is 11.2. The number of hydrogen-bond acceptors (Lipinski definition) is 4. The topological polar surface area (TPSA) is 93.4 Å². The molecule has 4 N–H and O–H groups in total. The lowest BCUT2D eigenvalue weighted by molar-refractivity contribution is -0.119. The third-order valence-corrected chi connectivity index (χ3v) is 2.44. The van der Waals surface area contributed by atoms with Gasteiger partial charge in [-0.05, 0) is 13.0 Å². The van der Waals surface area contributed by atoms with Gasteiger partial charge >= 0.3 is 6.03 Å². The van der Waals surface area contributed by atoms with Crippen molar-refractivity contribution in [1.29, 1.82) is 0 Å². The third kappa shape index (κ3) is 4.06. The van der Waals surface area contributed by atoms with Crippen LogP contribution in [0.1, 0.15) is 18.5 Å². The molecule has 0 saturated heterocycles. The molecular formula is C12H17N3O3. The van der Waals surface area contributed by atoms with E-state index < -0.39 is 11.9 Å². The zero-order valence-electron chi connectivity index (χ0n) is 10.4. The first-order chi connectivity index (χ1) is 8.54. The SMILES string of the molecule is COc1ccccc1[C@H](C)NCC(=O)NC(N)=O. The number of methoxy groups -OCH3 is 1. The molecule has 1 aromatic carbocycles. The van der Waals surface area contributed by atoms with Crippen molar-refractivity contribution in [3.05, 3.63) is 29.8 Å². The van der Waals surface area contributed by atoms with Gasteiger partial charge < -0.3 is 15.8 Å². The summed E-state index contributed by atoms with van der Waals surface area (Å²) in [5, 5.41) is 4.96. The Morgan fingerprint density at radius 3 is 2.67 bits per heavy atom. The summed E-state index contributed by atoms with van der Waals surface area (Å²) in [4.78, 5) is 21.7. The summed E-state index contributed by atoms with van der Waals surface area (Å²) in [6.07, 6.45) is 0. The van der Waals surface area contributed by atoms with Crippen LogP contribution in [0.25, 0.3) is 0 Å². The Hall–Kier alpha value is -2.08. The lowest BCUT2D eigenvalue weighted by atomic mass is 10.1. The van der Waals surface area contributed by atoms with Crippen molar-refractivity contribution < 1.29 is 14.3 Å². The van der Waals surface area contributed by atoms with Gasteiger partial charge in [-0.1, -0.05) is 18.2 Å². The number of amides is 3. The van der Waals surface area contributed by atoms with Crippen molar-refractivity contribution in [2.45, 2.75) is 13.0 Å². The monoisotopic (exact) mass is 251 g/mol. The third-order valence-electron chi connectivity index (χ3n) is 2.44. The van der Waals surface area contributed by atoms with Gasteiger partial charge in [0.1, 0.15) is 5.75 Å². The number of carbonyl (C=O) groups excluding carboxylic acids is 2. The highest BCUT2D eigenvalue weighted by Gasteiger charge is 2.12. The minimum Gasteiger partial charge on any atom is -0.496 e. The van der Waals surface area contributed by atoms with Crippen LogP contribution in [0.5, 0.6) is 5.75 Å². The van der Waals surface area contributed by atoms with Crippen molar-refractivity contribution in [2.24, 2.45) is 5.73 Å². The Bertz CT molecular complexity index is 434. The molecule has 0 unspecified atom stereocenters. The zero-order chi connectivity index (χ0) is 13.5. The minimum atomic E-state index is -0.855. The molecule has 3 amide bonds. The van der Waals surface area contributed by atoms with E-state index in [0.717, 1.165) is 11.3 Å². The molecule has 98 valence electrons. The highest BCUT2D eigenvalue weighted by atomic mass is 16.5. The summed E-state index contributed by atoms with van der Waals surface area (Å²) in [5.41, 5.74) is 5.77. The molecular weight excluding hydrogens is 234 g/mol. The number of nitrogens with one attached hydrogen (secondary N) is 2. The number of urea groups is 1. The Morgan fingerprint density at radius 2 is 2.06 bits per heavy atom. The van der Waals surface area contributed by atoms with Gasteiger partial charge in [-0.3, -0.25) is 10.1 Å². The molecule has 6 heteroatoms. The van der Waals surface area contributed by atoms with E-state index in [2.05, 4.69) is 5.32 Å². The van der Waals surface area contributed by atoms with Gasteiger partial charge in [-0.2, -0.15) is 0 Å². The number of carbonyl (C=O) groups is 2. The Morgan fingerprint density at radius 1 is 1.39 bits per heavy atom. The second-order valence-electron chi connectivity index (χ2n) is 3.76. The van der Waals surface area contributed by atoms with Crippen molar-refractivity contribution in [3.8, 4) is 5.75 Å². The maximum Gasteiger partial charge on any atom is 0.318 e. The van der Waals surface area contributed by atoms with Gasteiger partial charge in [0.05, 0.1) is 13.7 Å². The van der Waals surface area contributed by atoms with Crippen LogP contribution in [-0.4, -0.2) is 25.6 Å². The Kier molecular flexibility index (Phi) is 5.13. The standard InChI is InChI=1S/C12H17N3O3/c1-8(14-7-11(16)15-12(13)17)9-5-3-4-6-10(9)18-2/h3-6,8,14H,7H2,1-2H3,(H3,13,15,16,17)/t8-/m0/s1. The van der Waals surface area contributed by atoms with Crippen molar-refractivity contribution in [3.63, 3.8) is 0 Å². The highest BCUT2D eigenvalue weighted by molar-refractivity contribution is 5.94. The molecule has 0 radical (unpaired) electrons. The van der Waals surface area contributed by atoms with Crippen LogP contribution in [0.3, 0.4) is 0 Å². The lowest BCUT2D eigenvalue weighted by Crippen LogP contribution is -2.41. The number of hydrogen-bond donors (Lipinski definition) is 3. The summed E-state index contributed by atoms with van der Waals surface area (Å²) >= 11 is 0. The van der Waals surface area contributed by atoms with Crippen LogP contribution in [0, 0.1) is 0 Å². The molecule has 1 rings (SSSR count). The van der Waals surface area contributed by atoms with E-state index in [9.17, 15) is 9.59 Å². The second-order valence-corrected chi connectivity index (χ2v) is 3.76. The first-order valence-corrected chi connectivity index (χ1v) is 5.50. The molecule has 0 saturated carbocycles. The molecule has 6 nitrogen and oxygen atoms in total. The Balaban J connectivity index is 2.57. The van der Waals surface area contributed by atoms with Crippen LogP contribution in [-0.2, 0) is 4.79 Å². The number of para-hydroxylation sites is 1. The maximum atomic E-state index is 11.2. The molecule has 0 spiro atoms. The minimum absolute atomic E-state index is 0.00214. The van der Waals surface area contributed by atoms with E-state index in [-0.39, 0.29) is 12.6 Å². The summed E-state index contributed by atoms with van der Waals surface area (Å²) in [5.74, 6) is 0.275. The number of primary amides is 1. The molecule has 0 bridgehead atoms. The molecule has 18 heavy (non-hydrogen) atoms. The van der Waals surface area contributed by atoms with Gasteiger partial charge in [0.2, 0.25) is 5.91 Å². The summed E-state index contributed by atoms with van der Waals surface area (Å²) in [7, 11) is 1.59. The van der Waals surface area contributed by atoms with Crippen LogP contribution in [0.2, 0.25) is 0 Å². The number of benzene rings is 1. The van der Waals surface area contributed by atoms with E-state index in [1.165, 1.54) is 0 Å². The molecule has 0 heterocycles. The van der Waals surface area contributed by atoms with Gasteiger partial charge in [-0.25, -0.2) is 4.79 Å². The lowest BCUT2D eigenvalue weighted by Gasteiger charge is -2.16. The number of ether oxygens (including phenoxy) is 1. The van der Waals surface area contributed by atoms with Crippen LogP contribution >= 0.6 is 0 Å². The van der Waals surface area contributed by atoms with Crippen molar-refractivity contribution in [1.82, 2.24) is 10.6 Å². The van der Waals surface area contributed by atoms with Crippen LogP contribution in [0.4, 0.5) is 4.79 Å². The van der Waals surface area contributed by atoms with Gasteiger partial charge in [0.25, 0.3) is 0 Å². The largest absolute Gasteiger partial charge is 0.496 e.